The van der Waals surface area contributed by atoms with Gasteiger partial charge in [0.1, 0.15) is 5.82 Å². The Labute approximate surface area is 95.2 Å². The molecule has 2 rings (SSSR count). The summed E-state index contributed by atoms with van der Waals surface area (Å²) in [5, 5.41) is 0.704. The summed E-state index contributed by atoms with van der Waals surface area (Å²) < 4.78 is 0. The molecule has 0 spiro atoms. The summed E-state index contributed by atoms with van der Waals surface area (Å²) in [4.78, 5) is 6.56. The van der Waals surface area contributed by atoms with E-state index in [1.165, 1.54) is 19.3 Å². The molecule has 0 atom stereocenters. The summed E-state index contributed by atoms with van der Waals surface area (Å²) in [7, 11) is 2.12. The molecule has 0 aliphatic heterocycles. The largest absolute Gasteiger partial charge is 0.384 e. The second kappa shape index (κ2) is 4.37. The van der Waals surface area contributed by atoms with E-state index in [9.17, 15) is 0 Å². The van der Waals surface area contributed by atoms with E-state index in [2.05, 4.69) is 16.9 Å². The van der Waals surface area contributed by atoms with Gasteiger partial charge in [0.2, 0.25) is 0 Å². The van der Waals surface area contributed by atoms with Crippen LogP contribution in [0, 0.1) is 0 Å². The minimum atomic E-state index is 0.538. The van der Waals surface area contributed by atoms with Gasteiger partial charge in [-0.25, -0.2) is 4.98 Å². The molecule has 1 heterocycles. The second-order valence-electron chi connectivity index (χ2n) is 4.16. The molecule has 3 nitrogen and oxygen atoms in total. The van der Waals surface area contributed by atoms with Gasteiger partial charge in [0.15, 0.2) is 0 Å². The summed E-state index contributed by atoms with van der Waals surface area (Å²) >= 11 is 6.06. The lowest BCUT2D eigenvalue weighted by Crippen LogP contribution is -2.36. The molecule has 1 fully saturated rings. The number of nitrogens with zero attached hydrogens (tertiary/aromatic N) is 2. The lowest BCUT2D eigenvalue weighted by atomic mass is 9.92. The van der Waals surface area contributed by atoms with Gasteiger partial charge in [0.05, 0.1) is 10.7 Å². The highest BCUT2D eigenvalue weighted by molar-refractivity contribution is 6.31. The van der Waals surface area contributed by atoms with E-state index >= 15 is 0 Å². The highest BCUT2D eigenvalue weighted by atomic mass is 35.5. The van der Waals surface area contributed by atoms with Crippen molar-refractivity contribution in [2.75, 3.05) is 12.8 Å². The van der Waals surface area contributed by atoms with Crippen LogP contribution in [-0.4, -0.2) is 23.0 Å². The molecule has 2 N–H and O–H groups in total. The molecule has 82 valence electrons. The quantitative estimate of drug-likeness (QED) is 0.859. The average Bonchev–Trinajstić information content (AvgIpc) is 2.08. The van der Waals surface area contributed by atoms with E-state index < -0.39 is 0 Å². The van der Waals surface area contributed by atoms with Crippen molar-refractivity contribution in [2.45, 2.75) is 31.8 Å². The number of pyridine rings is 1. The molecule has 0 unspecified atom stereocenters. The van der Waals surface area contributed by atoms with Crippen molar-refractivity contribution in [1.29, 1.82) is 0 Å². The fourth-order valence-corrected chi connectivity index (χ4v) is 1.97. The summed E-state index contributed by atoms with van der Waals surface area (Å²) in [6, 6.07) is 4.24. The van der Waals surface area contributed by atoms with E-state index in [0.29, 0.717) is 16.9 Å². The van der Waals surface area contributed by atoms with Crippen molar-refractivity contribution in [3.63, 3.8) is 0 Å². The molecule has 0 aromatic carbocycles. The predicted molar refractivity (Wildman–Crippen MR) is 62.8 cm³/mol. The highest BCUT2D eigenvalue weighted by Gasteiger charge is 2.22. The van der Waals surface area contributed by atoms with E-state index in [-0.39, 0.29) is 0 Å². The molecular weight excluding hydrogens is 210 g/mol. The smallest absolute Gasteiger partial charge is 0.123 e. The molecule has 1 saturated carbocycles. The van der Waals surface area contributed by atoms with Crippen LogP contribution in [0.1, 0.15) is 25.0 Å². The van der Waals surface area contributed by atoms with Gasteiger partial charge in [0, 0.05) is 12.6 Å². The lowest BCUT2D eigenvalue weighted by Gasteiger charge is -2.34. The Bertz CT molecular complexity index is 350. The van der Waals surface area contributed by atoms with Crippen molar-refractivity contribution in [3.05, 3.63) is 22.8 Å². The topological polar surface area (TPSA) is 42.2 Å². The zero-order valence-electron chi connectivity index (χ0n) is 8.91. The van der Waals surface area contributed by atoms with Crippen LogP contribution >= 0.6 is 11.6 Å². The maximum atomic E-state index is 6.06. The van der Waals surface area contributed by atoms with Crippen LogP contribution in [0.3, 0.4) is 0 Å². The van der Waals surface area contributed by atoms with E-state index in [4.69, 9.17) is 17.3 Å². The van der Waals surface area contributed by atoms with Crippen molar-refractivity contribution in [1.82, 2.24) is 9.88 Å². The Kier molecular flexibility index (Phi) is 3.12. The van der Waals surface area contributed by atoms with Crippen molar-refractivity contribution >= 4 is 17.4 Å². The minimum Gasteiger partial charge on any atom is -0.384 e. The molecule has 1 aromatic rings. The third kappa shape index (κ3) is 2.41. The first-order valence-corrected chi connectivity index (χ1v) is 5.66. The van der Waals surface area contributed by atoms with Gasteiger partial charge in [-0.3, -0.25) is 4.90 Å². The molecule has 1 aliphatic rings. The van der Waals surface area contributed by atoms with Crippen LogP contribution in [0.2, 0.25) is 5.02 Å². The highest BCUT2D eigenvalue weighted by Crippen LogP contribution is 2.26. The summed E-state index contributed by atoms with van der Waals surface area (Å²) in [6.07, 6.45) is 3.92. The predicted octanol–water partition coefficient (Wildman–Crippen LogP) is 2.30. The van der Waals surface area contributed by atoms with Crippen LogP contribution in [0.25, 0.3) is 0 Å². The van der Waals surface area contributed by atoms with Crippen molar-refractivity contribution in [3.8, 4) is 0 Å². The number of rotatable bonds is 3. The molecule has 15 heavy (non-hydrogen) atoms. The Morgan fingerprint density at radius 3 is 2.87 bits per heavy atom. The molecule has 0 saturated heterocycles. The number of nitrogens with two attached hydrogens (primary N) is 1. The Balaban J connectivity index is 2.05. The molecule has 0 bridgehead atoms. The van der Waals surface area contributed by atoms with Crippen LogP contribution in [0.4, 0.5) is 5.82 Å². The van der Waals surface area contributed by atoms with E-state index in [1.54, 1.807) is 6.07 Å². The minimum absolute atomic E-state index is 0.538. The average molecular weight is 226 g/mol. The standard InChI is InChI=1S/C11H16ClN3/c1-15(8-3-2-4-8)7-10-9(12)5-6-11(13)14-10/h5-6,8H,2-4,7H2,1H3,(H2,13,14). The summed E-state index contributed by atoms with van der Waals surface area (Å²) in [5.74, 6) is 0.538. The van der Waals surface area contributed by atoms with Crippen LogP contribution in [0.5, 0.6) is 0 Å². The Morgan fingerprint density at radius 2 is 2.27 bits per heavy atom. The van der Waals surface area contributed by atoms with Gasteiger partial charge in [-0.1, -0.05) is 18.0 Å². The number of aromatic nitrogens is 1. The summed E-state index contributed by atoms with van der Waals surface area (Å²) in [5.41, 5.74) is 6.52. The third-order valence-electron chi connectivity index (χ3n) is 3.04. The van der Waals surface area contributed by atoms with Gasteiger partial charge in [-0.15, -0.1) is 0 Å². The van der Waals surface area contributed by atoms with Crippen LogP contribution < -0.4 is 5.73 Å². The summed E-state index contributed by atoms with van der Waals surface area (Å²) in [6.45, 7) is 0.786. The zero-order chi connectivity index (χ0) is 10.8. The molecule has 0 amide bonds. The first-order chi connectivity index (χ1) is 7.16. The second-order valence-corrected chi connectivity index (χ2v) is 4.57. The van der Waals surface area contributed by atoms with Crippen LogP contribution in [-0.2, 0) is 6.54 Å². The first kappa shape index (κ1) is 10.7. The van der Waals surface area contributed by atoms with Gasteiger partial charge in [0.25, 0.3) is 0 Å². The van der Waals surface area contributed by atoms with Gasteiger partial charge >= 0.3 is 0 Å². The van der Waals surface area contributed by atoms with Crippen molar-refractivity contribution in [2.24, 2.45) is 0 Å². The number of anilines is 1. The monoisotopic (exact) mass is 225 g/mol. The van der Waals surface area contributed by atoms with E-state index in [1.807, 2.05) is 6.07 Å². The third-order valence-corrected chi connectivity index (χ3v) is 3.38. The first-order valence-electron chi connectivity index (χ1n) is 5.28. The number of hydrogen-bond donors (Lipinski definition) is 1. The Hall–Kier alpha value is -0.800. The molecule has 1 aliphatic carbocycles. The van der Waals surface area contributed by atoms with Gasteiger partial charge in [-0.05, 0) is 32.0 Å². The maximum Gasteiger partial charge on any atom is 0.123 e. The van der Waals surface area contributed by atoms with Crippen LogP contribution in [0.15, 0.2) is 12.1 Å². The maximum absolute atomic E-state index is 6.06. The fraction of sp³-hybridized carbons (Fsp3) is 0.545. The molecule has 4 heteroatoms. The molecular formula is C11H16ClN3. The number of hydrogen-bond acceptors (Lipinski definition) is 3. The number of halogens is 1. The normalized spacial score (nSPS) is 16.7. The van der Waals surface area contributed by atoms with Gasteiger partial charge in [-0.2, -0.15) is 0 Å². The van der Waals surface area contributed by atoms with E-state index in [0.717, 1.165) is 12.2 Å². The lowest BCUT2D eigenvalue weighted by molar-refractivity contribution is 0.151. The van der Waals surface area contributed by atoms with Gasteiger partial charge < -0.3 is 5.73 Å². The zero-order valence-corrected chi connectivity index (χ0v) is 9.67. The fourth-order valence-electron chi connectivity index (χ4n) is 1.80. The van der Waals surface area contributed by atoms with Crippen molar-refractivity contribution < 1.29 is 0 Å². The molecule has 1 aromatic heterocycles. The SMILES string of the molecule is CN(Cc1nc(N)ccc1Cl)C1CCC1. The molecule has 0 radical (unpaired) electrons. The Morgan fingerprint density at radius 1 is 1.53 bits per heavy atom. The number of nitrogen functional groups attached to an aromatic ring is 1.